The fraction of sp³-hybridized carbons (Fsp3) is 0.250. The van der Waals surface area contributed by atoms with Gasteiger partial charge in [0, 0.05) is 11.6 Å². The van der Waals surface area contributed by atoms with Crippen molar-refractivity contribution in [1.29, 1.82) is 0 Å². The van der Waals surface area contributed by atoms with Crippen molar-refractivity contribution >= 4 is 0 Å². The van der Waals surface area contributed by atoms with E-state index in [2.05, 4.69) is 0 Å². The van der Waals surface area contributed by atoms with Crippen molar-refractivity contribution < 1.29 is 13.5 Å². The smallest absolute Gasteiger partial charge is 0.141 e. The minimum Gasteiger partial charge on any atom is -0.484 e. The van der Waals surface area contributed by atoms with Crippen LogP contribution in [0.25, 0.3) is 0 Å². The number of benzene rings is 2. The van der Waals surface area contributed by atoms with Gasteiger partial charge in [-0.05, 0) is 43.7 Å². The Hall–Kier alpha value is -1.94. The lowest BCUT2D eigenvalue weighted by Crippen LogP contribution is -2.30. The predicted molar refractivity (Wildman–Crippen MR) is 74.6 cm³/mol. The van der Waals surface area contributed by atoms with Crippen LogP contribution >= 0.6 is 0 Å². The van der Waals surface area contributed by atoms with Crippen molar-refractivity contribution in [3.8, 4) is 5.75 Å². The van der Waals surface area contributed by atoms with Crippen molar-refractivity contribution in [2.24, 2.45) is 5.73 Å². The van der Waals surface area contributed by atoms with E-state index in [1.54, 1.807) is 32.0 Å². The van der Waals surface area contributed by atoms with Crippen molar-refractivity contribution in [2.45, 2.75) is 26.0 Å². The molecule has 2 rings (SSSR count). The summed E-state index contributed by atoms with van der Waals surface area (Å²) >= 11 is 0. The van der Waals surface area contributed by atoms with Crippen molar-refractivity contribution in [1.82, 2.24) is 0 Å². The van der Waals surface area contributed by atoms with Crippen molar-refractivity contribution in [3.63, 3.8) is 0 Å². The number of rotatable bonds is 4. The molecule has 2 atom stereocenters. The highest BCUT2D eigenvalue weighted by Gasteiger charge is 2.22. The van der Waals surface area contributed by atoms with Gasteiger partial charge in [-0.15, -0.1) is 0 Å². The molecule has 0 radical (unpaired) electrons. The normalized spacial score (nSPS) is 13.8. The van der Waals surface area contributed by atoms with Gasteiger partial charge in [-0.1, -0.05) is 18.2 Å². The van der Waals surface area contributed by atoms with E-state index in [1.165, 1.54) is 24.3 Å². The molecule has 0 amide bonds. The molecule has 0 aliphatic carbocycles. The maximum atomic E-state index is 13.9. The molecule has 0 bridgehead atoms. The van der Waals surface area contributed by atoms with Gasteiger partial charge in [0.15, 0.2) is 0 Å². The summed E-state index contributed by atoms with van der Waals surface area (Å²) in [6.07, 6.45) is -0.625. The van der Waals surface area contributed by atoms with Crippen LogP contribution in [-0.2, 0) is 0 Å². The van der Waals surface area contributed by atoms with Gasteiger partial charge < -0.3 is 10.5 Å². The Kier molecular flexibility index (Phi) is 4.35. The first-order chi connectivity index (χ1) is 9.49. The van der Waals surface area contributed by atoms with Crippen LogP contribution in [-0.4, -0.2) is 6.04 Å². The molecule has 2 N–H and O–H groups in total. The summed E-state index contributed by atoms with van der Waals surface area (Å²) in [7, 11) is 0. The van der Waals surface area contributed by atoms with E-state index < -0.39 is 12.1 Å². The molecule has 0 saturated carbocycles. The molecule has 4 heteroatoms. The maximum Gasteiger partial charge on any atom is 0.141 e. The lowest BCUT2D eigenvalue weighted by Gasteiger charge is -2.24. The van der Waals surface area contributed by atoms with Crippen LogP contribution in [0.3, 0.4) is 0 Å². The lowest BCUT2D eigenvalue weighted by atomic mass is 10.0. The van der Waals surface area contributed by atoms with E-state index >= 15 is 0 Å². The lowest BCUT2D eigenvalue weighted by molar-refractivity contribution is 0.174. The molecule has 2 aromatic rings. The minimum atomic E-state index is -0.625. The molecule has 0 spiro atoms. The zero-order valence-electron chi connectivity index (χ0n) is 11.4. The third-order valence-electron chi connectivity index (χ3n) is 3.08. The van der Waals surface area contributed by atoms with Crippen LogP contribution in [0.15, 0.2) is 42.5 Å². The molecule has 0 aliphatic heterocycles. The number of hydrogen-bond donors (Lipinski definition) is 1. The second-order valence-corrected chi connectivity index (χ2v) is 4.83. The van der Waals surface area contributed by atoms with E-state index in [9.17, 15) is 8.78 Å². The SMILES string of the molecule is Cc1cc(F)ccc1OC(c1ccccc1F)C(C)N. The molecule has 20 heavy (non-hydrogen) atoms. The standard InChI is InChI=1S/C16H17F2NO/c1-10-9-12(17)7-8-15(10)20-16(11(2)19)13-5-3-4-6-14(13)18/h3-9,11,16H,19H2,1-2H3. The quantitative estimate of drug-likeness (QED) is 0.924. The van der Waals surface area contributed by atoms with Gasteiger partial charge in [-0.3, -0.25) is 0 Å². The molecular weight excluding hydrogens is 260 g/mol. The second-order valence-electron chi connectivity index (χ2n) is 4.83. The van der Waals surface area contributed by atoms with Gasteiger partial charge in [0.05, 0.1) is 0 Å². The number of hydrogen-bond acceptors (Lipinski definition) is 2. The summed E-state index contributed by atoms with van der Waals surface area (Å²) in [5.74, 6) is -0.204. The molecule has 0 fully saturated rings. The Morgan fingerprint density at radius 2 is 1.80 bits per heavy atom. The first-order valence-corrected chi connectivity index (χ1v) is 6.42. The van der Waals surface area contributed by atoms with Crippen LogP contribution < -0.4 is 10.5 Å². The molecule has 0 heterocycles. The first kappa shape index (κ1) is 14.5. The summed E-state index contributed by atoms with van der Waals surface area (Å²) in [5, 5.41) is 0. The maximum absolute atomic E-state index is 13.9. The summed E-state index contributed by atoms with van der Waals surface area (Å²) in [6.45, 7) is 3.48. The highest BCUT2D eigenvalue weighted by atomic mass is 19.1. The largest absolute Gasteiger partial charge is 0.484 e. The molecule has 106 valence electrons. The highest BCUT2D eigenvalue weighted by Crippen LogP contribution is 2.28. The molecule has 0 saturated heterocycles. The monoisotopic (exact) mass is 277 g/mol. The van der Waals surface area contributed by atoms with Crippen LogP contribution in [0.1, 0.15) is 24.2 Å². The summed E-state index contributed by atoms with van der Waals surface area (Å²) < 4.78 is 32.8. The predicted octanol–water partition coefficient (Wildman–Crippen LogP) is 3.74. The van der Waals surface area contributed by atoms with Crippen LogP contribution in [0.4, 0.5) is 8.78 Å². The fourth-order valence-electron chi connectivity index (χ4n) is 2.04. The Labute approximate surface area is 117 Å². The summed E-state index contributed by atoms with van der Waals surface area (Å²) in [5.41, 5.74) is 6.94. The summed E-state index contributed by atoms with van der Waals surface area (Å²) in [6, 6.07) is 10.1. The Morgan fingerprint density at radius 3 is 2.40 bits per heavy atom. The van der Waals surface area contributed by atoms with E-state index in [0.29, 0.717) is 16.9 Å². The van der Waals surface area contributed by atoms with E-state index in [4.69, 9.17) is 10.5 Å². The third kappa shape index (κ3) is 3.14. The number of ether oxygens (including phenoxy) is 1. The molecule has 0 aromatic heterocycles. The van der Waals surface area contributed by atoms with Crippen LogP contribution in [0, 0.1) is 18.6 Å². The Bertz CT molecular complexity index is 599. The van der Waals surface area contributed by atoms with E-state index in [1.807, 2.05) is 0 Å². The minimum absolute atomic E-state index is 0.335. The van der Waals surface area contributed by atoms with Gasteiger partial charge in [-0.2, -0.15) is 0 Å². The van der Waals surface area contributed by atoms with Crippen molar-refractivity contribution in [3.05, 3.63) is 65.2 Å². The number of nitrogens with two attached hydrogens (primary N) is 1. The topological polar surface area (TPSA) is 35.2 Å². The summed E-state index contributed by atoms with van der Waals surface area (Å²) in [4.78, 5) is 0. The third-order valence-corrected chi connectivity index (χ3v) is 3.08. The number of aryl methyl sites for hydroxylation is 1. The fourth-order valence-corrected chi connectivity index (χ4v) is 2.04. The molecule has 2 nitrogen and oxygen atoms in total. The Balaban J connectivity index is 2.33. The zero-order chi connectivity index (χ0) is 14.7. The average molecular weight is 277 g/mol. The number of halogens is 2. The van der Waals surface area contributed by atoms with Gasteiger partial charge in [-0.25, -0.2) is 8.78 Å². The van der Waals surface area contributed by atoms with E-state index in [-0.39, 0.29) is 11.6 Å². The molecular formula is C16H17F2NO. The van der Waals surface area contributed by atoms with Gasteiger partial charge in [0.2, 0.25) is 0 Å². The molecule has 2 aromatic carbocycles. The van der Waals surface area contributed by atoms with Crippen LogP contribution in [0.5, 0.6) is 5.75 Å². The van der Waals surface area contributed by atoms with E-state index in [0.717, 1.165) is 0 Å². The highest BCUT2D eigenvalue weighted by molar-refractivity contribution is 5.34. The van der Waals surface area contributed by atoms with Gasteiger partial charge in [0.25, 0.3) is 0 Å². The average Bonchev–Trinajstić information content (AvgIpc) is 2.39. The Morgan fingerprint density at radius 1 is 1.10 bits per heavy atom. The zero-order valence-corrected chi connectivity index (χ0v) is 11.4. The van der Waals surface area contributed by atoms with Gasteiger partial charge >= 0.3 is 0 Å². The first-order valence-electron chi connectivity index (χ1n) is 6.42. The van der Waals surface area contributed by atoms with Crippen molar-refractivity contribution in [2.75, 3.05) is 0 Å². The molecule has 0 aliphatic rings. The van der Waals surface area contributed by atoms with Gasteiger partial charge in [0.1, 0.15) is 23.5 Å². The second kappa shape index (κ2) is 6.01. The van der Waals surface area contributed by atoms with Crippen LogP contribution in [0.2, 0.25) is 0 Å². The molecule has 2 unspecified atom stereocenters.